The largest absolute Gasteiger partial charge is 0.349 e. The van der Waals surface area contributed by atoms with Crippen LogP contribution in [0.25, 0.3) is 0 Å². The van der Waals surface area contributed by atoms with E-state index < -0.39 is 0 Å². The molecule has 0 aromatic carbocycles. The number of allylic oxidation sites excluding steroid dienone is 4. The molecule has 0 saturated carbocycles. The van der Waals surface area contributed by atoms with Crippen molar-refractivity contribution >= 4 is 0 Å². The van der Waals surface area contributed by atoms with Crippen LogP contribution in [-0.4, -0.2) is 23.9 Å². The summed E-state index contributed by atoms with van der Waals surface area (Å²) in [5.41, 5.74) is 5.34. The Morgan fingerprint density at radius 1 is 0.583 bits per heavy atom. The molecular formula is C10H18N2. The van der Waals surface area contributed by atoms with E-state index in [9.17, 15) is 0 Å². The van der Waals surface area contributed by atoms with E-state index in [1.54, 1.807) is 0 Å². The molecule has 0 N–H and O–H groups in total. The molecule has 0 bridgehead atoms. The molecule has 1 heterocycles. The van der Waals surface area contributed by atoms with E-state index in [1.165, 1.54) is 22.8 Å². The van der Waals surface area contributed by atoms with E-state index in [0.29, 0.717) is 0 Å². The molecule has 0 saturated heterocycles. The lowest BCUT2D eigenvalue weighted by atomic mass is 10.2. The van der Waals surface area contributed by atoms with Crippen molar-refractivity contribution in [2.24, 2.45) is 0 Å². The fraction of sp³-hybridized carbons (Fsp3) is 0.600. The van der Waals surface area contributed by atoms with Crippen LogP contribution in [0.4, 0.5) is 0 Å². The lowest BCUT2D eigenvalue weighted by molar-refractivity contribution is 0.389. The third kappa shape index (κ3) is 1.11. The van der Waals surface area contributed by atoms with Crippen LogP contribution in [0.3, 0.4) is 0 Å². The number of rotatable bonds is 0. The van der Waals surface area contributed by atoms with Crippen LogP contribution in [-0.2, 0) is 0 Å². The maximum Gasteiger partial charge on any atom is 0.0336 e. The monoisotopic (exact) mass is 166 g/mol. The highest BCUT2D eigenvalue weighted by molar-refractivity contribution is 5.26. The van der Waals surface area contributed by atoms with Crippen LogP contribution in [0.5, 0.6) is 0 Å². The average Bonchev–Trinajstić information content (AvgIpc) is 2.08. The van der Waals surface area contributed by atoms with Gasteiger partial charge in [-0.25, -0.2) is 0 Å². The second-order valence-corrected chi connectivity index (χ2v) is 3.46. The lowest BCUT2D eigenvalue weighted by Gasteiger charge is -2.36. The SMILES string of the molecule is CC1=C(C)N(C)C(C)=C(C)N1C. The van der Waals surface area contributed by atoms with Gasteiger partial charge in [0.1, 0.15) is 0 Å². The van der Waals surface area contributed by atoms with Gasteiger partial charge in [-0.15, -0.1) is 0 Å². The second kappa shape index (κ2) is 2.85. The van der Waals surface area contributed by atoms with Crippen LogP contribution < -0.4 is 0 Å². The van der Waals surface area contributed by atoms with Gasteiger partial charge < -0.3 is 9.80 Å². The molecule has 2 nitrogen and oxygen atoms in total. The van der Waals surface area contributed by atoms with Gasteiger partial charge in [0.05, 0.1) is 0 Å². The molecule has 0 aromatic heterocycles. The van der Waals surface area contributed by atoms with Gasteiger partial charge in [-0.3, -0.25) is 0 Å². The fourth-order valence-electron chi connectivity index (χ4n) is 1.47. The van der Waals surface area contributed by atoms with Gasteiger partial charge in [0.2, 0.25) is 0 Å². The van der Waals surface area contributed by atoms with Crippen LogP contribution in [0.15, 0.2) is 22.8 Å². The van der Waals surface area contributed by atoms with Gasteiger partial charge in [-0.1, -0.05) is 0 Å². The Morgan fingerprint density at radius 3 is 0.917 bits per heavy atom. The molecule has 68 valence electrons. The van der Waals surface area contributed by atoms with Crippen LogP contribution in [0.1, 0.15) is 27.7 Å². The molecule has 0 atom stereocenters. The molecule has 0 fully saturated rings. The Labute approximate surface area is 75.2 Å². The molecule has 0 aliphatic carbocycles. The summed E-state index contributed by atoms with van der Waals surface area (Å²) in [6, 6.07) is 0. The molecule has 2 heteroatoms. The first-order chi connectivity index (χ1) is 5.46. The minimum absolute atomic E-state index is 1.33. The Kier molecular flexibility index (Phi) is 2.18. The summed E-state index contributed by atoms with van der Waals surface area (Å²) in [7, 11) is 4.23. The third-order valence-corrected chi connectivity index (χ3v) is 3.06. The smallest absolute Gasteiger partial charge is 0.0336 e. The van der Waals surface area contributed by atoms with E-state index in [4.69, 9.17) is 0 Å². The van der Waals surface area contributed by atoms with E-state index >= 15 is 0 Å². The van der Waals surface area contributed by atoms with Gasteiger partial charge in [0.15, 0.2) is 0 Å². The van der Waals surface area contributed by atoms with Gasteiger partial charge in [-0.2, -0.15) is 0 Å². The normalized spacial score (nSPS) is 19.5. The van der Waals surface area contributed by atoms with Crippen molar-refractivity contribution in [3.63, 3.8) is 0 Å². The van der Waals surface area contributed by atoms with Crippen LogP contribution in [0, 0.1) is 0 Å². The molecule has 1 rings (SSSR count). The predicted molar refractivity (Wildman–Crippen MR) is 52.3 cm³/mol. The summed E-state index contributed by atoms with van der Waals surface area (Å²) < 4.78 is 0. The summed E-state index contributed by atoms with van der Waals surface area (Å²) in [5, 5.41) is 0. The molecule has 0 aromatic rings. The summed E-state index contributed by atoms with van der Waals surface area (Å²) in [4.78, 5) is 4.48. The minimum atomic E-state index is 1.33. The molecule has 12 heavy (non-hydrogen) atoms. The first-order valence-corrected chi connectivity index (χ1v) is 4.29. The first-order valence-electron chi connectivity index (χ1n) is 4.29. The van der Waals surface area contributed by atoms with E-state index in [2.05, 4.69) is 51.6 Å². The maximum absolute atomic E-state index is 2.24. The summed E-state index contributed by atoms with van der Waals surface area (Å²) in [6.07, 6.45) is 0. The lowest BCUT2D eigenvalue weighted by Crippen LogP contribution is -2.29. The zero-order valence-electron chi connectivity index (χ0n) is 8.89. The molecule has 0 amide bonds. The van der Waals surface area contributed by atoms with Gasteiger partial charge in [0.25, 0.3) is 0 Å². The third-order valence-electron chi connectivity index (χ3n) is 3.06. The molecule has 0 radical (unpaired) electrons. The van der Waals surface area contributed by atoms with Crippen molar-refractivity contribution in [1.29, 1.82) is 0 Å². The predicted octanol–water partition coefficient (Wildman–Crippen LogP) is 2.37. The quantitative estimate of drug-likeness (QED) is 0.545. The van der Waals surface area contributed by atoms with E-state index in [1.807, 2.05) is 0 Å². The molecule has 1 aliphatic rings. The average molecular weight is 166 g/mol. The van der Waals surface area contributed by atoms with Crippen molar-refractivity contribution < 1.29 is 0 Å². The van der Waals surface area contributed by atoms with Crippen molar-refractivity contribution in [1.82, 2.24) is 9.80 Å². The van der Waals surface area contributed by atoms with Crippen molar-refractivity contribution in [2.45, 2.75) is 27.7 Å². The summed E-state index contributed by atoms with van der Waals surface area (Å²) in [6.45, 7) is 8.62. The van der Waals surface area contributed by atoms with E-state index in [-0.39, 0.29) is 0 Å². The van der Waals surface area contributed by atoms with E-state index in [0.717, 1.165) is 0 Å². The molecule has 0 unspecified atom stereocenters. The summed E-state index contributed by atoms with van der Waals surface area (Å²) in [5.74, 6) is 0. The molecule has 1 aliphatic heterocycles. The number of nitrogens with zero attached hydrogens (tertiary/aromatic N) is 2. The Morgan fingerprint density at radius 2 is 0.750 bits per heavy atom. The van der Waals surface area contributed by atoms with Gasteiger partial charge >= 0.3 is 0 Å². The molecule has 0 spiro atoms. The van der Waals surface area contributed by atoms with Crippen molar-refractivity contribution in [2.75, 3.05) is 14.1 Å². The highest BCUT2D eigenvalue weighted by atomic mass is 15.2. The second-order valence-electron chi connectivity index (χ2n) is 3.46. The topological polar surface area (TPSA) is 6.48 Å². The standard InChI is InChI=1S/C10H18N2/c1-7-8(2)12(6)10(4)9(3)11(7)5/h1-6H3. The Balaban J connectivity index is 3.13. The van der Waals surface area contributed by atoms with Crippen LogP contribution in [0.2, 0.25) is 0 Å². The number of hydrogen-bond donors (Lipinski definition) is 0. The number of hydrogen-bond acceptors (Lipinski definition) is 2. The summed E-state index contributed by atoms with van der Waals surface area (Å²) >= 11 is 0. The zero-order chi connectivity index (χ0) is 9.46. The molecular weight excluding hydrogens is 148 g/mol. The van der Waals surface area contributed by atoms with Crippen molar-refractivity contribution in [3.8, 4) is 0 Å². The van der Waals surface area contributed by atoms with Gasteiger partial charge in [-0.05, 0) is 27.7 Å². The highest BCUT2D eigenvalue weighted by Gasteiger charge is 2.18. The van der Waals surface area contributed by atoms with Crippen LogP contribution >= 0.6 is 0 Å². The maximum atomic E-state index is 2.24. The first kappa shape index (κ1) is 9.17. The minimum Gasteiger partial charge on any atom is -0.349 e. The Hall–Kier alpha value is -0.920. The highest BCUT2D eigenvalue weighted by Crippen LogP contribution is 2.26. The van der Waals surface area contributed by atoms with Crippen molar-refractivity contribution in [3.05, 3.63) is 22.8 Å². The zero-order valence-corrected chi connectivity index (χ0v) is 8.89. The Bertz CT molecular complexity index is 209. The fourth-order valence-corrected chi connectivity index (χ4v) is 1.47. The van der Waals surface area contributed by atoms with Gasteiger partial charge in [0, 0.05) is 36.9 Å².